The second kappa shape index (κ2) is 8.53. The third kappa shape index (κ3) is 6.39. The van der Waals surface area contributed by atoms with Crippen LogP contribution in [0.3, 0.4) is 0 Å². The molecule has 0 saturated heterocycles. The maximum atomic E-state index is 11.3. The maximum absolute atomic E-state index is 11.3. The zero-order chi connectivity index (χ0) is 14.8. The van der Waals surface area contributed by atoms with Gasteiger partial charge in [0.15, 0.2) is 0 Å². The van der Waals surface area contributed by atoms with Crippen LogP contribution in [-0.2, 0) is 20.9 Å². The fraction of sp³-hybridized carbons (Fsp3) is 0.200. The van der Waals surface area contributed by atoms with E-state index in [0.717, 1.165) is 23.5 Å². The van der Waals surface area contributed by atoms with E-state index in [9.17, 15) is 9.59 Å². The number of allylic oxidation sites excluding steroid dienone is 2. The normalized spacial score (nSPS) is 10.8. The number of ether oxygens (including phenoxy) is 2. The van der Waals surface area contributed by atoms with Crippen LogP contribution in [0.4, 0.5) is 0 Å². The van der Waals surface area contributed by atoms with Gasteiger partial charge in [0.1, 0.15) is 12.4 Å². The Morgan fingerprint density at radius 2 is 1.80 bits per heavy atom. The number of hydrogen-bond acceptors (Lipinski definition) is 4. The lowest BCUT2D eigenvalue weighted by molar-refractivity contribution is -0.139. The van der Waals surface area contributed by atoms with E-state index >= 15 is 0 Å². The van der Waals surface area contributed by atoms with Gasteiger partial charge in [-0.1, -0.05) is 24.3 Å². The van der Waals surface area contributed by atoms with Crippen molar-refractivity contribution in [3.63, 3.8) is 0 Å². The topological polar surface area (TPSA) is 72.8 Å². The number of aliphatic carboxylic acids is 1. The Morgan fingerprint density at radius 3 is 2.40 bits per heavy atom. The predicted molar refractivity (Wildman–Crippen MR) is 73.3 cm³/mol. The summed E-state index contributed by atoms with van der Waals surface area (Å²) >= 11 is 0. The molecule has 1 aromatic carbocycles. The molecule has 0 unspecified atom stereocenters. The second-order valence-corrected chi connectivity index (χ2v) is 3.74. The Morgan fingerprint density at radius 1 is 1.15 bits per heavy atom. The summed E-state index contributed by atoms with van der Waals surface area (Å²) in [5.41, 5.74) is 0.844. The zero-order valence-corrected chi connectivity index (χ0v) is 11.1. The van der Waals surface area contributed by atoms with E-state index in [4.69, 9.17) is 14.6 Å². The van der Waals surface area contributed by atoms with Gasteiger partial charge in [-0.3, -0.25) is 0 Å². The molecule has 0 saturated carbocycles. The molecule has 0 aliphatic rings. The van der Waals surface area contributed by atoms with Crippen molar-refractivity contribution >= 4 is 11.9 Å². The fourth-order valence-electron chi connectivity index (χ4n) is 1.32. The van der Waals surface area contributed by atoms with E-state index in [1.807, 2.05) is 19.1 Å². The Labute approximate surface area is 117 Å². The minimum Gasteiger partial charge on any atom is -0.494 e. The first-order chi connectivity index (χ1) is 9.61. The van der Waals surface area contributed by atoms with Gasteiger partial charge < -0.3 is 14.6 Å². The molecule has 0 amide bonds. The first kappa shape index (κ1) is 15.5. The third-order valence-electron chi connectivity index (χ3n) is 2.20. The summed E-state index contributed by atoms with van der Waals surface area (Å²) in [5, 5.41) is 8.34. The summed E-state index contributed by atoms with van der Waals surface area (Å²) < 4.78 is 10.3. The summed E-state index contributed by atoms with van der Waals surface area (Å²) in [4.78, 5) is 21.5. The smallest absolute Gasteiger partial charge is 0.331 e. The zero-order valence-electron chi connectivity index (χ0n) is 11.1. The van der Waals surface area contributed by atoms with Crippen LogP contribution in [0.1, 0.15) is 12.5 Å². The van der Waals surface area contributed by atoms with Crippen LogP contribution in [0.5, 0.6) is 5.75 Å². The highest BCUT2D eigenvalue weighted by Gasteiger charge is 1.99. The molecule has 0 spiro atoms. The summed E-state index contributed by atoms with van der Waals surface area (Å²) in [7, 11) is 0. The molecule has 1 N–H and O–H groups in total. The van der Waals surface area contributed by atoms with Crippen LogP contribution in [-0.4, -0.2) is 23.7 Å². The molecule has 0 atom stereocenters. The average Bonchev–Trinajstić information content (AvgIpc) is 2.43. The molecule has 20 heavy (non-hydrogen) atoms. The van der Waals surface area contributed by atoms with Gasteiger partial charge in [-0.05, 0) is 24.6 Å². The highest BCUT2D eigenvalue weighted by molar-refractivity contribution is 5.83. The Bertz CT molecular complexity index is 500. The van der Waals surface area contributed by atoms with Gasteiger partial charge >= 0.3 is 11.9 Å². The van der Waals surface area contributed by atoms with E-state index in [0.29, 0.717) is 6.61 Å². The molecule has 0 heterocycles. The Hall–Kier alpha value is -2.56. The van der Waals surface area contributed by atoms with Gasteiger partial charge in [0.05, 0.1) is 6.61 Å². The monoisotopic (exact) mass is 276 g/mol. The van der Waals surface area contributed by atoms with Crippen molar-refractivity contribution in [3.05, 3.63) is 54.1 Å². The second-order valence-electron chi connectivity index (χ2n) is 3.74. The molecule has 0 aromatic heterocycles. The van der Waals surface area contributed by atoms with Gasteiger partial charge in [0.25, 0.3) is 0 Å². The molecule has 106 valence electrons. The van der Waals surface area contributed by atoms with Gasteiger partial charge in [-0.2, -0.15) is 0 Å². The van der Waals surface area contributed by atoms with E-state index in [1.165, 1.54) is 12.2 Å². The molecule has 1 rings (SSSR count). The number of carbonyl (C=O) groups is 2. The number of hydrogen-bond donors (Lipinski definition) is 1. The molecule has 0 aliphatic carbocycles. The van der Waals surface area contributed by atoms with E-state index < -0.39 is 11.9 Å². The number of carbonyl (C=O) groups excluding carboxylic acids is 1. The summed E-state index contributed by atoms with van der Waals surface area (Å²) in [5.74, 6) is -0.840. The minimum absolute atomic E-state index is 0.151. The summed E-state index contributed by atoms with van der Waals surface area (Å²) in [6.45, 7) is 2.65. The van der Waals surface area contributed by atoms with Crippen molar-refractivity contribution in [3.8, 4) is 5.75 Å². The van der Waals surface area contributed by atoms with Crippen molar-refractivity contribution in [2.75, 3.05) is 6.61 Å². The number of rotatable bonds is 7. The van der Waals surface area contributed by atoms with Crippen molar-refractivity contribution in [1.82, 2.24) is 0 Å². The predicted octanol–water partition coefficient (Wildman–Crippen LogP) is 2.33. The molecular formula is C15H16O5. The largest absolute Gasteiger partial charge is 0.494 e. The molecule has 0 fully saturated rings. The first-order valence-corrected chi connectivity index (χ1v) is 6.08. The lowest BCUT2D eigenvalue weighted by Crippen LogP contribution is -2.00. The highest BCUT2D eigenvalue weighted by Crippen LogP contribution is 2.12. The lowest BCUT2D eigenvalue weighted by Gasteiger charge is -2.05. The number of esters is 1. The number of benzene rings is 1. The van der Waals surface area contributed by atoms with Crippen LogP contribution < -0.4 is 4.74 Å². The number of carboxylic acid groups (broad SMARTS) is 1. The quantitative estimate of drug-likeness (QED) is 0.470. The SMILES string of the molecule is CCOc1ccc(COC(=O)/C=C/C=C/C(=O)O)cc1. The molecular weight excluding hydrogens is 260 g/mol. The fourth-order valence-corrected chi connectivity index (χ4v) is 1.32. The first-order valence-electron chi connectivity index (χ1n) is 6.08. The molecule has 5 heteroatoms. The van der Waals surface area contributed by atoms with Gasteiger partial charge in [0, 0.05) is 12.2 Å². The van der Waals surface area contributed by atoms with Crippen LogP contribution >= 0.6 is 0 Å². The summed E-state index contributed by atoms with van der Waals surface area (Å²) in [6, 6.07) is 7.23. The molecule has 0 bridgehead atoms. The van der Waals surface area contributed by atoms with Crippen LogP contribution in [0.15, 0.2) is 48.6 Å². The Kier molecular flexibility index (Phi) is 6.61. The van der Waals surface area contributed by atoms with E-state index in [1.54, 1.807) is 12.1 Å². The van der Waals surface area contributed by atoms with Crippen molar-refractivity contribution in [2.24, 2.45) is 0 Å². The van der Waals surface area contributed by atoms with Crippen LogP contribution in [0.25, 0.3) is 0 Å². The average molecular weight is 276 g/mol. The molecule has 0 radical (unpaired) electrons. The van der Waals surface area contributed by atoms with Crippen molar-refractivity contribution in [1.29, 1.82) is 0 Å². The van der Waals surface area contributed by atoms with Crippen molar-refractivity contribution < 1.29 is 24.2 Å². The highest BCUT2D eigenvalue weighted by atomic mass is 16.5. The third-order valence-corrected chi connectivity index (χ3v) is 2.20. The van der Waals surface area contributed by atoms with E-state index in [2.05, 4.69) is 0 Å². The molecule has 1 aromatic rings. The minimum atomic E-state index is -1.07. The van der Waals surface area contributed by atoms with Crippen LogP contribution in [0.2, 0.25) is 0 Å². The molecule has 5 nitrogen and oxygen atoms in total. The lowest BCUT2D eigenvalue weighted by atomic mass is 10.2. The van der Waals surface area contributed by atoms with Crippen molar-refractivity contribution in [2.45, 2.75) is 13.5 Å². The standard InChI is InChI=1S/C15H16O5/c1-2-19-13-9-7-12(8-10-13)11-20-15(18)6-4-3-5-14(16)17/h3-10H,2,11H2,1H3,(H,16,17)/b5-3+,6-4+. The summed E-state index contributed by atoms with van der Waals surface area (Å²) in [6.07, 6.45) is 4.65. The van der Waals surface area contributed by atoms with Gasteiger partial charge in [-0.15, -0.1) is 0 Å². The van der Waals surface area contributed by atoms with Gasteiger partial charge in [0.2, 0.25) is 0 Å². The molecule has 0 aliphatic heterocycles. The Balaban J connectivity index is 2.38. The van der Waals surface area contributed by atoms with E-state index in [-0.39, 0.29) is 6.61 Å². The maximum Gasteiger partial charge on any atom is 0.331 e. The van der Waals surface area contributed by atoms with Gasteiger partial charge in [-0.25, -0.2) is 9.59 Å². The number of carboxylic acids is 1. The van der Waals surface area contributed by atoms with Crippen LogP contribution in [0, 0.1) is 0 Å².